The van der Waals surface area contributed by atoms with E-state index in [9.17, 15) is 60.7 Å². The average molecular weight is 798 g/mol. The first-order valence-corrected chi connectivity index (χ1v) is 18.2. The summed E-state index contributed by atoms with van der Waals surface area (Å²) in [5, 5.41) is 116. The number of rotatable bonds is 20. The van der Waals surface area contributed by atoms with E-state index in [0.29, 0.717) is 44.5 Å². The van der Waals surface area contributed by atoms with Gasteiger partial charge in [-0.3, -0.25) is 14.3 Å². The molecule has 0 unspecified atom stereocenters. The fourth-order valence-corrected chi connectivity index (χ4v) is 6.17. The van der Waals surface area contributed by atoms with Gasteiger partial charge in [0.2, 0.25) is 11.8 Å². The van der Waals surface area contributed by atoms with Gasteiger partial charge in [-0.15, -0.1) is 5.10 Å². The number of aryl methyl sites for hydroxylation is 2. The Kier molecular flexibility index (Phi) is 17.9. The van der Waals surface area contributed by atoms with Crippen LogP contribution in [0.15, 0.2) is 6.20 Å². The van der Waals surface area contributed by atoms with Crippen molar-refractivity contribution in [1.82, 2.24) is 25.6 Å². The second-order valence-corrected chi connectivity index (χ2v) is 13.5. The van der Waals surface area contributed by atoms with E-state index in [0.717, 1.165) is 0 Å². The zero-order chi connectivity index (χ0) is 40.2. The number of nitrogens with zero attached hydrogens (tertiary/aromatic N) is 3. The lowest BCUT2D eigenvalue weighted by Gasteiger charge is -2.46. The highest BCUT2D eigenvalue weighted by Crippen LogP contribution is 2.31. The van der Waals surface area contributed by atoms with E-state index >= 15 is 0 Å². The normalized spacial score (nSPS) is 36.7. The van der Waals surface area contributed by atoms with E-state index in [1.165, 1.54) is 0 Å². The van der Waals surface area contributed by atoms with Crippen LogP contribution in [0.5, 0.6) is 0 Å². The number of aliphatic hydroxyl groups is 10. The summed E-state index contributed by atoms with van der Waals surface area (Å²) in [6, 6.07) is 0. The van der Waals surface area contributed by atoms with Crippen LogP contribution in [0.25, 0.3) is 0 Å². The van der Waals surface area contributed by atoms with Gasteiger partial charge in [0, 0.05) is 45.1 Å². The Labute approximate surface area is 315 Å². The molecule has 0 aliphatic carbocycles. The minimum atomic E-state index is -1.89. The van der Waals surface area contributed by atoms with Gasteiger partial charge < -0.3 is 90.1 Å². The molecule has 3 fully saturated rings. The minimum Gasteiger partial charge on any atom is -0.394 e. The number of hydrogen-bond acceptors (Lipinski definition) is 20. The van der Waals surface area contributed by atoms with Crippen LogP contribution in [-0.2, 0) is 51.0 Å². The third-order valence-electron chi connectivity index (χ3n) is 9.37. The Bertz CT molecular complexity index is 1310. The molecule has 15 atom stereocenters. The van der Waals surface area contributed by atoms with Crippen molar-refractivity contribution in [3.8, 4) is 0 Å². The zero-order valence-corrected chi connectivity index (χ0v) is 30.3. The van der Waals surface area contributed by atoms with Gasteiger partial charge >= 0.3 is 0 Å². The van der Waals surface area contributed by atoms with Crippen LogP contribution in [0.3, 0.4) is 0 Å². The van der Waals surface area contributed by atoms with E-state index < -0.39 is 112 Å². The maximum absolute atomic E-state index is 12.5. The number of aromatic nitrogens is 3. The molecule has 3 aliphatic rings. The second-order valence-electron chi connectivity index (χ2n) is 13.5. The van der Waals surface area contributed by atoms with E-state index in [-0.39, 0.29) is 31.4 Å². The molecular formula is C32H55N5O18. The Morgan fingerprint density at radius 2 is 1.33 bits per heavy atom. The first-order chi connectivity index (χ1) is 26.3. The fraction of sp³-hybridized carbons (Fsp3) is 0.875. The van der Waals surface area contributed by atoms with E-state index in [1.54, 1.807) is 10.9 Å². The van der Waals surface area contributed by atoms with Crippen LogP contribution in [0.4, 0.5) is 0 Å². The maximum Gasteiger partial charge on any atom is 0.220 e. The van der Waals surface area contributed by atoms with Gasteiger partial charge in [0.05, 0.1) is 32.1 Å². The molecule has 0 spiro atoms. The predicted octanol–water partition coefficient (Wildman–Crippen LogP) is -6.90. The molecule has 0 aromatic carbocycles. The highest BCUT2D eigenvalue weighted by atomic mass is 16.7. The molecule has 12 N–H and O–H groups in total. The molecule has 0 bridgehead atoms. The van der Waals surface area contributed by atoms with Gasteiger partial charge in [0.1, 0.15) is 73.2 Å². The van der Waals surface area contributed by atoms with Crippen molar-refractivity contribution in [2.45, 2.75) is 138 Å². The molecule has 0 radical (unpaired) electrons. The smallest absolute Gasteiger partial charge is 0.220 e. The summed E-state index contributed by atoms with van der Waals surface area (Å²) in [5.74, 6) is -0.358. The van der Waals surface area contributed by atoms with Gasteiger partial charge in [-0.25, -0.2) is 0 Å². The lowest BCUT2D eigenvalue weighted by Crippen LogP contribution is -2.65. The van der Waals surface area contributed by atoms with Gasteiger partial charge in [0.25, 0.3) is 0 Å². The first kappa shape index (κ1) is 45.1. The standard InChI is InChI=1S/C32H55N5O18/c1-2-33-20(41)7-6-15-11-37(36-35-15)9-4-3-5-19(40)34-8-10-50-31-28(49)29(55-32-27(48)25(46)22(43)17(13-39)53-32)23(44)18(54-31)14-51-30-26(47)24(45)21(42)16(12-38)52-30/h11,16-18,21-32,38-39,42-49H,2-10,12-14H2,1H3,(H,33,41)(H,34,40)/t16-,17-,18-,21-,22-,23-,24+,25+,26+,27+,28-,29+,30+,31-,32-/m1/s1. The van der Waals surface area contributed by atoms with Crippen LogP contribution < -0.4 is 10.6 Å². The molecule has 2 amide bonds. The third-order valence-corrected chi connectivity index (χ3v) is 9.37. The van der Waals surface area contributed by atoms with E-state index in [2.05, 4.69) is 20.9 Å². The Morgan fingerprint density at radius 1 is 0.727 bits per heavy atom. The summed E-state index contributed by atoms with van der Waals surface area (Å²) < 4.78 is 34.9. The van der Waals surface area contributed by atoms with Gasteiger partial charge in [0.15, 0.2) is 18.9 Å². The molecule has 55 heavy (non-hydrogen) atoms. The number of aliphatic hydroxyl groups excluding tert-OH is 10. The number of hydrogen-bond donors (Lipinski definition) is 12. The van der Waals surface area contributed by atoms with E-state index in [1.807, 2.05) is 6.92 Å². The summed E-state index contributed by atoms with van der Waals surface area (Å²) >= 11 is 0. The number of nitrogens with one attached hydrogen (secondary N) is 2. The molecular weight excluding hydrogens is 742 g/mol. The number of carbonyl (C=O) groups excluding carboxylic acids is 2. The molecule has 23 nitrogen and oxygen atoms in total. The molecule has 316 valence electrons. The van der Waals surface area contributed by atoms with Crippen LogP contribution in [0.2, 0.25) is 0 Å². The summed E-state index contributed by atoms with van der Waals surface area (Å²) in [5.41, 5.74) is 0.685. The molecule has 23 heteroatoms. The molecule has 3 aliphatic heterocycles. The topological polar surface area (TPSA) is 347 Å². The Balaban J connectivity index is 1.29. The van der Waals surface area contributed by atoms with Gasteiger partial charge in [-0.05, 0) is 19.8 Å². The van der Waals surface area contributed by atoms with Crippen molar-refractivity contribution in [1.29, 1.82) is 0 Å². The molecule has 1 aromatic rings. The molecule has 4 heterocycles. The molecule has 4 rings (SSSR count). The predicted molar refractivity (Wildman–Crippen MR) is 179 cm³/mol. The minimum absolute atomic E-state index is 0.0315. The van der Waals surface area contributed by atoms with Crippen molar-refractivity contribution in [2.75, 3.05) is 39.5 Å². The number of amides is 2. The lowest BCUT2D eigenvalue weighted by molar-refractivity contribution is -0.366. The molecule has 0 saturated carbocycles. The average Bonchev–Trinajstić information content (AvgIpc) is 3.63. The van der Waals surface area contributed by atoms with Crippen molar-refractivity contribution >= 4 is 11.8 Å². The number of carbonyl (C=O) groups is 2. The Morgan fingerprint density at radius 3 is 1.98 bits per heavy atom. The van der Waals surface area contributed by atoms with Gasteiger partial charge in [-0.1, -0.05) is 5.21 Å². The van der Waals surface area contributed by atoms with Crippen molar-refractivity contribution in [2.24, 2.45) is 0 Å². The van der Waals surface area contributed by atoms with Crippen LogP contribution in [0.1, 0.15) is 38.3 Å². The number of unbranched alkanes of at least 4 members (excludes halogenated alkanes) is 1. The highest BCUT2D eigenvalue weighted by molar-refractivity contribution is 5.76. The summed E-state index contributed by atoms with van der Waals surface area (Å²) in [6.07, 6.45) is -21.2. The molecule has 3 saturated heterocycles. The first-order valence-electron chi connectivity index (χ1n) is 18.2. The fourth-order valence-electron chi connectivity index (χ4n) is 6.17. The molecule has 1 aromatic heterocycles. The lowest BCUT2D eigenvalue weighted by atomic mass is 9.96. The zero-order valence-electron chi connectivity index (χ0n) is 30.3. The summed E-state index contributed by atoms with van der Waals surface area (Å²) in [7, 11) is 0. The quantitative estimate of drug-likeness (QED) is 0.0545. The maximum atomic E-state index is 12.5. The van der Waals surface area contributed by atoms with Crippen LogP contribution in [0, 0.1) is 0 Å². The van der Waals surface area contributed by atoms with E-state index in [4.69, 9.17) is 28.4 Å². The third kappa shape index (κ3) is 12.2. The SMILES string of the molecule is CCNC(=O)CCc1cn(CCCCC(=O)NCCO[C@@H]2O[C@H](CO[C@H]3O[C@H](CO)[C@@H](O)[C@H](O)[C@@H]3O)[C@@H](O)[C@H](O[C@H]3O[C@H](CO)[C@@H](O)[C@H](O)[C@@H]3O)[C@H]2O)nn1. The second kappa shape index (κ2) is 21.8. The highest BCUT2D eigenvalue weighted by Gasteiger charge is 2.52. The largest absolute Gasteiger partial charge is 0.394 e. The van der Waals surface area contributed by atoms with Crippen molar-refractivity contribution < 1.29 is 89.1 Å². The van der Waals surface area contributed by atoms with Crippen LogP contribution >= 0.6 is 0 Å². The number of ether oxygens (including phenoxy) is 6. The van der Waals surface area contributed by atoms with Gasteiger partial charge in [-0.2, -0.15) is 0 Å². The van der Waals surface area contributed by atoms with Crippen molar-refractivity contribution in [3.63, 3.8) is 0 Å². The summed E-state index contributed by atoms with van der Waals surface area (Å²) in [4.78, 5) is 24.1. The monoisotopic (exact) mass is 797 g/mol. The van der Waals surface area contributed by atoms with Crippen LogP contribution in [-0.4, -0.2) is 210 Å². The van der Waals surface area contributed by atoms with Crippen molar-refractivity contribution in [3.05, 3.63) is 11.9 Å². The summed E-state index contributed by atoms with van der Waals surface area (Å²) in [6.45, 7) is 0.540. The Hall–Kier alpha value is -2.56.